The minimum Gasteiger partial charge on any atom is -0.327 e. The molecule has 0 fully saturated rings. The molecule has 1 aromatic heterocycles. The van der Waals surface area contributed by atoms with Gasteiger partial charge in [0.25, 0.3) is 12.0 Å². The number of hydrogen-bond acceptors (Lipinski definition) is 3. The topological polar surface area (TPSA) is 93.0 Å². The summed E-state index contributed by atoms with van der Waals surface area (Å²) in [6, 6.07) is 0. The van der Waals surface area contributed by atoms with Gasteiger partial charge in [-0.2, -0.15) is 0 Å². The lowest BCUT2D eigenvalue weighted by Crippen LogP contribution is -2.26. The van der Waals surface area contributed by atoms with Crippen molar-refractivity contribution < 1.29 is 17.2 Å². The van der Waals surface area contributed by atoms with Crippen LogP contribution in [0.25, 0.3) is 0 Å². The lowest BCUT2D eigenvalue weighted by Gasteiger charge is -2.07. The second-order valence-corrected chi connectivity index (χ2v) is 5.21. The predicted octanol–water partition coefficient (Wildman–Crippen LogP) is 0.565. The molecular formula is C6H5F2IN2O3S. The first-order chi connectivity index (χ1) is 6.75. The summed E-state index contributed by atoms with van der Waals surface area (Å²) in [5, 5.41) is 4.68. The van der Waals surface area contributed by atoms with Gasteiger partial charge in [0.15, 0.2) is 4.90 Å². The molecule has 0 saturated heterocycles. The number of aromatic amines is 1. The summed E-state index contributed by atoms with van der Waals surface area (Å²) in [7, 11) is -4.46. The summed E-state index contributed by atoms with van der Waals surface area (Å²) >= 11 is 1.49. The van der Waals surface area contributed by atoms with Crippen molar-refractivity contribution in [2.45, 2.75) is 11.3 Å². The molecule has 3 N–H and O–H groups in total. The number of primary sulfonamides is 1. The third kappa shape index (κ3) is 2.52. The maximum atomic E-state index is 12.5. The van der Waals surface area contributed by atoms with Gasteiger partial charge in [-0.3, -0.25) is 4.79 Å². The van der Waals surface area contributed by atoms with Gasteiger partial charge in [0.05, 0.1) is 5.56 Å². The molecule has 5 nitrogen and oxygen atoms in total. The third-order valence-electron chi connectivity index (χ3n) is 1.54. The van der Waals surface area contributed by atoms with E-state index in [4.69, 9.17) is 0 Å². The van der Waals surface area contributed by atoms with Gasteiger partial charge >= 0.3 is 0 Å². The van der Waals surface area contributed by atoms with E-state index in [-0.39, 0.29) is 3.57 Å². The molecule has 1 aromatic rings. The van der Waals surface area contributed by atoms with Crippen LogP contribution in [0.1, 0.15) is 12.0 Å². The molecule has 0 aliphatic heterocycles. The van der Waals surface area contributed by atoms with Crippen molar-refractivity contribution in [3.63, 3.8) is 0 Å². The van der Waals surface area contributed by atoms with Crippen LogP contribution >= 0.6 is 22.6 Å². The third-order valence-corrected chi connectivity index (χ3v) is 3.41. The van der Waals surface area contributed by atoms with E-state index in [1.54, 1.807) is 0 Å². The molecule has 1 rings (SSSR count). The van der Waals surface area contributed by atoms with Crippen LogP contribution in [0.5, 0.6) is 0 Å². The van der Waals surface area contributed by atoms with E-state index in [0.717, 1.165) is 6.20 Å². The highest BCUT2D eigenvalue weighted by atomic mass is 127. The van der Waals surface area contributed by atoms with Gasteiger partial charge < -0.3 is 4.98 Å². The molecule has 84 valence electrons. The van der Waals surface area contributed by atoms with E-state index >= 15 is 0 Å². The Morgan fingerprint density at radius 2 is 2.00 bits per heavy atom. The normalized spacial score (nSPS) is 12.1. The molecule has 0 saturated carbocycles. The fourth-order valence-corrected chi connectivity index (χ4v) is 2.66. The molecule has 0 aliphatic rings. The van der Waals surface area contributed by atoms with Crippen LogP contribution in [0.3, 0.4) is 0 Å². The number of pyridine rings is 1. The molecule has 0 aliphatic carbocycles. The number of rotatable bonds is 2. The van der Waals surface area contributed by atoms with Crippen molar-refractivity contribution >= 4 is 32.6 Å². The quantitative estimate of drug-likeness (QED) is 0.764. The molecule has 0 radical (unpaired) electrons. The molecule has 15 heavy (non-hydrogen) atoms. The summed E-state index contributed by atoms with van der Waals surface area (Å²) in [5.41, 5.74) is -2.00. The molecule has 0 amide bonds. The highest BCUT2D eigenvalue weighted by Crippen LogP contribution is 2.27. The van der Waals surface area contributed by atoms with E-state index in [1.807, 2.05) is 4.98 Å². The molecule has 1 heterocycles. The van der Waals surface area contributed by atoms with Crippen LogP contribution < -0.4 is 10.7 Å². The average Bonchev–Trinajstić information content (AvgIpc) is 2.05. The second-order valence-electron chi connectivity index (χ2n) is 2.55. The minimum absolute atomic E-state index is 0.0637. The molecule has 9 heteroatoms. The number of sulfonamides is 1. The molecule has 0 atom stereocenters. The maximum absolute atomic E-state index is 12.5. The van der Waals surface area contributed by atoms with Crippen LogP contribution in [-0.4, -0.2) is 13.4 Å². The Morgan fingerprint density at radius 3 is 2.33 bits per heavy atom. The van der Waals surface area contributed by atoms with Gasteiger partial charge in [-0.05, 0) is 22.6 Å². The zero-order chi connectivity index (χ0) is 11.8. The van der Waals surface area contributed by atoms with E-state index in [9.17, 15) is 22.0 Å². The van der Waals surface area contributed by atoms with Crippen molar-refractivity contribution in [1.82, 2.24) is 4.98 Å². The van der Waals surface area contributed by atoms with Crippen LogP contribution in [0, 0.1) is 3.57 Å². The fourth-order valence-electron chi connectivity index (χ4n) is 0.989. The zero-order valence-corrected chi connectivity index (χ0v) is 9.97. The largest absolute Gasteiger partial charge is 0.327 e. The van der Waals surface area contributed by atoms with Gasteiger partial charge in [-0.15, -0.1) is 0 Å². The number of nitrogens with two attached hydrogens (primary N) is 1. The number of nitrogens with one attached hydrogen (secondary N) is 1. The molecule has 0 unspecified atom stereocenters. The second kappa shape index (κ2) is 4.14. The van der Waals surface area contributed by atoms with Gasteiger partial charge in [-0.25, -0.2) is 22.3 Å². The van der Waals surface area contributed by atoms with Crippen molar-refractivity contribution in [1.29, 1.82) is 0 Å². The monoisotopic (exact) mass is 350 g/mol. The summed E-state index contributed by atoms with van der Waals surface area (Å²) in [6.45, 7) is 0. The van der Waals surface area contributed by atoms with Crippen molar-refractivity contribution in [2.24, 2.45) is 5.14 Å². The van der Waals surface area contributed by atoms with Crippen LogP contribution in [0.2, 0.25) is 0 Å². The van der Waals surface area contributed by atoms with Crippen LogP contribution in [0.15, 0.2) is 15.9 Å². The molecular weight excluding hydrogens is 345 g/mol. The summed E-state index contributed by atoms with van der Waals surface area (Å²) in [5.74, 6) is 0. The molecule has 0 spiro atoms. The van der Waals surface area contributed by atoms with Gasteiger partial charge in [0, 0.05) is 9.77 Å². The zero-order valence-electron chi connectivity index (χ0n) is 7.00. The summed E-state index contributed by atoms with van der Waals surface area (Å²) in [6.07, 6.45) is -2.08. The van der Waals surface area contributed by atoms with E-state index in [1.165, 1.54) is 22.6 Å². The number of aromatic nitrogens is 1. The van der Waals surface area contributed by atoms with E-state index in [2.05, 4.69) is 5.14 Å². The molecule has 0 bridgehead atoms. The van der Waals surface area contributed by atoms with Crippen LogP contribution in [-0.2, 0) is 10.0 Å². The number of hydrogen-bond donors (Lipinski definition) is 2. The smallest absolute Gasteiger partial charge is 0.268 e. The van der Waals surface area contributed by atoms with Gasteiger partial charge in [0.1, 0.15) is 0 Å². The number of halogens is 3. The van der Waals surface area contributed by atoms with Crippen molar-refractivity contribution in [2.75, 3.05) is 0 Å². The number of alkyl halides is 2. The Bertz CT molecular complexity index is 540. The van der Waals surface area contributed by atoms with Gasteiger partial charge in [-0.1, -0.05) is 0 Å². The van der Waals surface area contributed by atoms with Crippen molar-refractivity contribution in [3.8, 4) is 0 Å². The predicted molar refractivity (Wildman–Crippen MR) is 56.1 cm³/mol. The Labute approximate surface area is 96.9 Å². The fraction of sp³-hybridized carbons (Fsp3) is 0.167. The standard InChI is InChI=1S/C6H5F2IN2O3S/c7-5(8)3-2(9)1-11-6(12)4(3)15(10,13)14/h1,5H,(H,11,12)(H2,10,13,14). The SMILES string of the molecule is NS(=O)(=O)c1c(C(F)F)c(I)c[nH]c1=O. The van der Waals surface area contributed by atoms with Crippen LogP contribution in [0.4, 0.5) is 8.78 Å². The Kier molecular flexibility index (Phi) is 3.45. The first kappa shape index (κ1) is 12.5. The van der Waals surface area contributed by atoms with E-state index < -0.39 is 32.5 Å². The maximum Gasteiger partial charge on any atom is 0.268 e. The van der Waals surface area contributed by atoms with Crippen molar-refractivity contribution in [3.05, 3.63) is 25.7 Å². The van der Waals surface area contributed by atoms with E-state index in [0.29, 0.717) is 0 Å². The lowest BCUT2D eigenvalue weighted by atomic mass is 10.3. The Morgan fingerprint density at radius 1 is 1.47 bits per heavy atom. The number of H-pyrrole nitrogens is 1. The first-order valence-corrected chi connectivity index (χ1v) is 6.09. The Balaban J connectivity index is 3.77. The average molecular weight is 350 g/mol. The van der Waals surface area contributed by atoms with Gasteiger partial charge in [0.2, 0.25) is 10.0 Å². The Hall–Kier alpha value is -0.550. The summed E-state index contributed by atoms with van der Waals surface area (Å²) in [4.78, 5) is 12.0. The highest BCUT2D eigenvalue weighted by molar-refractivity contribution is 14.1. The minimum atomic E-state index is -4.46. The first-order valence-electron chi connectivity index (χ1n) is 3.47. The highest BCUT2D eigenvalue weighted by Gasteiger charge is 2.26. The summed E-state index contributed by atoms with van der Waals surface area (Å²) < 4.78 is 46.9. The lowest BCUT2D eigenvalue weighted by molar-refractivity contribution is 0.146. The molecule has 0 aromatic carbocycles.